The van der Waals surface area contributed by atoms with Gasteiger partial charge >= 0.3 is 5.97 Å². The maximum Gasteiger partial charge on any atom is 0.326 e. The third-order valence-electron chi connectivity index (χ3n) is 7.19. The number of aryl methyl sites for hydroxylation is 2. The van der Waals surface area contributed by atoms with Crippen molar-refractivity contribution in [1.82, 2.24) is 19.5 Å². The molecule has 1 saturated heterocycles. The van der Waals surface area contributed by atoms with E-state index in [0.717, 1.165) is 56.7 Å². The molecule has 3 heterocycles. The zero-order chi connectivity index (χ0) is 27.1. The fraction of sp³-hybridized carbons (Fsp3) is 0.519. The number of anilines is 1. The van der Waals surface area contributed by atoms with Gasteiger partial charge in [0, 0.05) is 31.9 Å². The highest BCUT2D eigenvalue weighted by molar-refractivity contribution is 7.89. The number of unbranched alkanes of at least 4 members (excludes halogenated alkanes) is 1. The largest absolute Gasteiger partial charge is 0.480 e. The molecule has 1 aromatic carbocycles. The molecule has 0 bridgehead atoms. The van der Waals surface area contributed by atoms with Gasteiger partial charge in [-0.15, -0.1) is 0 Å². The highest BCUT2D eigenvalue weighted by Crippen LogP contribution is 2.25. The molecule has 0 saturated carbocycles. The first-order valence-electron chi connectivity index (χ1n) is 13.2. The Labute approximate surface area is 224 Å². The average Bonchev–Trinajstić information content (AvgIpc) is 2.88. The number of rotatable bonds is 13. The van der Waals surface area contributed by atoms with E-state index in [2.05, 4.69) is 27.7 Å². The van der Waals surface area contributed by atoms with Crippen LogP contribution in [-0.4, -0.2) is 85.4 Å². The number of amides is 1. The lowest BCUT2D eigenvalue weighted by Crippen LogP contribution is -2.57. The van der Waals surface area contributed by atoms with Crippen molar-refractivity contribution in [3.05, 3.63) is 53.7 Å². The third-order valence-corrected chi connectivity index (χ3v) is 9.03. The second-order valence-corrected chi connectivity index (χ2v) is 12.1. The number of aliphatic carboxylic acids is 1. The summed E-state index contributed by atoms with van der Waals surface area (Å²) in [6.45, 7) is 2.41. The molecule has 4 rings (SSSR count). The van der Waals surface area contributed by atoms with Crippen molar-refractivity contribution in [2.24, 2.45) is 5.92 Å². The fourth-order valence-electron chi connectivity index (χ4n) is 4.75. The minimum Gasteiger partial charge on any atom is -0.480 e. The van der Waals surface area contributed by atoms with Crippen molar-refractivity contribution in [2.75, 3.05) is 45.1 Å². The van der Waals surface area contributed by atoms with Crippen LogP contribution >= 0.6 is 0 Å². The number of carboxylic acid groups (broad SMARTS) is 1. The van der Waals surface area contributed by atoms with Crippen LogP contribution < -0.4 is 10.6 Å². The summed E-state index contributed by atoms with van der Waals surface area (Å²) in [4.78, 5) is 31.3. The van der Waals surface area contributed by atoms with Gasteiger partial charge in [0.05, 0.1) is 10.8 Å². The van der Waals surface area contributed by atoms with E-state index in [1.54, 1.807) is 18.2 Å². The Bertz CT molecular complexity index is 1220. The average molecular weight is 544 g/mol. The number of fused-ring (bicyclic) bond motifs is 1. The van der Waals surface area contributed by atoms with E-state index in [0.29, 0.717) is 6.54 Å². The number of nitrogens with zero attached hydrogens (tertiary/aromatic N) is 3. The van der Waals surface area contributed by atoms with Gasteiger partial charge in [0.2, 0.25) is 15.9 Å². The zero-order valence-electron chi connectivity index (χ0n) is 21.8. The summed E-state index contributed by atoms with van der Waals surface area (Å²) in [6.07, 6.45) is 5.34. The molecule has 10 nitrogen and oxygen atoms in total. The van der Waals surface area contributed by atoms with Crippen molar-refractivity contribution in [2.45, 2.75) is 49.5 Å². The van der Waals surface area contributed by atoms with Crippen LogP contribution in [0.15, 0.2) is 47.4 Å². The van der Waals surface area contributed by atoms with Crippen LogP contribution in [0.25, 0.3) is 0 Å². The predicted molar refractivity (Wildman–Crippen MR) is 144 cm³/mol. The van der Waals surface area contributed by atoms with E-state index in [-0.39, 0.29) is 24.4 Å². The number of carboxylic acids is 1. The van der Waals surface area contributed by atoms with E-state index in [1.807, 2.05) is 7.05 Å². The van der Waals surface area contributed by atoms with E-state index in [9.17, 15) is 23.1 Å². The van der Waals surface area contributed by atoms with E-state index < -0.39 is 33.9 Å². The van der Waals surface area contributed by atoms with Gasteiger partial charge in [-0.2, -0.15) is 4.31 Å². The van der Waals surface area contributed by atoms with Crippen LogP contribution in [0.5, 0.6) is 0 Å². The second kappa shape index (κ2) is 12.7. The summed E-state index contributed by atoms with van der Waals surface area (Å²) in [7, 11) is -1.70. The highest BCUT2D eigenvalue weighted by Gasteiger charge is 2.41. The number of pyridine rings is 1. The van der Waals surface area contributed by atoms with Crippen LogP contribution in [0.4, 0.5) is 5.82 Å². The molecule has 1 amide bonds. The highest BCUT2D eigenvalue weighted by atomic mass is 32.2. The molecule has 2 aliphatic heterocycles. The molecular formula is C27H37N5O5S. The van der Waals surface area contributed by atoms with E-state index >= 15 is 0 Å². The third kappa shape index (κ3) is 7.09. The Hall–Kier alpha value is -3.02. The van der Waals surface area contributed by atoms with Crippen molar-refractivity contribution < 1.29 is 23.1 Å². The molecule has 0 spiro atoms. The van der Waals surface area contributed by atoms with Crippen molar-refractivity contribution >= 4 is 27.7 Å². The minimum atomic E-state index is -3.64. The quantitative estimate of drug-likeness (QED) is 0.327. The number of aromatic nitrogens is 1. The molecule has 2 aliphatic rings. The first kappa shape index (κ1) is 28.0. The van der Waals surface area contributed by atoms with Crippen molar-refractivity contribution in [3.8, 4) is 0 Å². The summed E-state index contributed by atoms with van der Waals surface area (Å²) in [5.41, 5.74) is 2.37. The number of nitrogens with one attached hydrogen (secondary N) is 2. The number of benzene rings is 1. The lowest BCUT2D eigenvalue weighted by atomic mass is 10.0. The molecule has 1 aromatic heterocycles. The SMILES string of the molecule is CN(CCCCc1ccc2c(n1)NCCC2)CC[C@H](NC(=O)C1CN(S(=O)(=O)c2ccccc2)C1)C(=O)O. The van der Waals surface area contributed by atoms with Crippen LogP contribution in [0, 0.1) is 5.92 Å². The van der Waals surface area contributed by atoms with Crippen LogP contribution in [0.2, 0.25) is 0 Å². The maximum atomic E-state index is 12.6. The molecule has 206 valence electrons. The number of carbonyl (C=O) groups is 2. The molecule has 3 N–H and O–H groups in total. The summed E-state index contributed by atoms with van der Waals surface area (Å²) in [6, 6.07) is 11.3. The fourth-order valence-corrected chi connectivity index (χ4v) is 6.30. The van der Waals surface area contributed by atoms with Crippen molar-refractivity contribution in [3.63, 3.8) is 0 Å². The maximum absolute atomic E-state index is 12.6. The topological polar surface area (TPSA) is 132 Å². The number of hydrogen-bond acceptors (Lipinski definition) is 7. The monoisotopic (exact) mass is 543 g/mol. The molecule has 1 fully saturated rings. The Kier molecular flexibility index (Phi) is 9.35. The molecule has 38 heavy (non-hydrogen) atoms. The summed E-state index contributed by atoms with van der Waals surface area (Å²) < 4.78 is 26.5. The van der Waals surface area contributed by atoms with Gasteiger partial charge in [-0.25, -0.2) is 18.2 Å². The summed E-state index contributed by atoms with van der Waals surface area (Å²) in [5.74, 6) is -1.06. The first-order chi connectivity index (χ1) is 18.2. The summed E-state index contributed by atoms with van der Waals surface area (Å²) in [5, 5.41) is 15.6. The summed E-state index contributed by atoms with van der Waals surface area (Å²) >= 11 is 0. The molecule has 11 heteroatoms. The van der Waals surface area contributed by atoms with Gasteiger partial charge < -0.3 is 20.6 Å². The Morgan fingerprint density at radius 3 is 2.66 bits per heavy atom. The molecular weight excluding hydrogens is 506 g/mol. The Balaban J connectivity index is 1.15. The lowest BCUT2D eigenvalue weighted by Gasteiger charge is -2.37. The van der Waals surface area contributed by atoms with E-state index in [4.69, 9.17) is 4.98 Å². The van der Waals surface area contributed by atoms with Crippen LogP contribution in [0.1, 0.15) is 36.9 Å². The zero-order valence-corrected chi connectivity index (χ0v) is 22.6. The molecule has 0 aliphatic carbocycles. The van der Waals surface area contributed by atoms with Crippen molar-refractivity contribution in [1.29, 1.82) is 0 Å². The molecule has 0 unspecified atom stereocenters. The van der Waals surface area contributed by atoms with Gasteiger partial charge in [-0.1, -0.05) is 24.3 Å². The van der Waals surface area contributed by atoms with Gasteiger partial charge in [-0.05, 0) is 75.9 Å². The number of hydrogen-bond donors (Lipinski definition) is 3. The minimum absolute atomic E-state index is 0.0461. The van der Waals surface area contributed by atoms with Gasteiger partial charge in [-0.3, -0.25) is 4.79 Å². The predicted octanol–water partition coefficient (Wildman–Crippen LogP) is 1.97. The number of carbonyl (C=O) groups excluding carboxylic acids is 1. The standard InChI is InChI=1S/C27H37N5O5S/c1-31(16-6-5-9-22-13-12-20-8-7-15-28-25(20)29-22)17-14-24(27(34)35)30-26(33)21-18-32(19-21)38(36,37)23-10-3-2-4-11-23/h2-4,10-13,21,24H,5-9,14-19H2,1H3,(H,28,29)(H,30,33)(H,34,35)/t24-/m0/s1. The van der Waals surface area contributed by atoms with Gasteiger partial charge in [0.15, 0.2) is 0 Å². The molecule has 1 atom stereocenters. The Morgan fingerprint density at radius 1 is 1.16 bits per heavy atom. The van der Waals surface area contributed by atoms with Gasteiger partial charge in [0.1, 0.15) is 11.9 Å². The normalized spacial score (nSPS) is 16.8. The number of sulfonamides is 1. The van der Waals surface area contributed by atoms with E-state index in [1.165, 1.54) is 22.0 Å². The lowest BCUT2D eigenvalue weighted by molar-refractivity contribution is -0.143. The smallest absolute Gasteiger partial charge is 0.326 e. The van der Waals surface area contributed by atoms with Crippen LogP contribution in [-0.2, 0) is 32.5 Å². The first-order valence-corrected chi connectivity index (χ1v) is 14.7. The van der Waals surface area contributed by atoms with Gasteiger partial charge in [0.25, 0.3) is 0 Å². The molecule has 2 aromatic rings. The van der Waals surface area contributed by atoms with Crippen LogP contribution in [0.3, 0.4) is 0 Å². The molecule has 0 radical (unpaired) electrons. The Morgan fingerprint density at radius 2 is 1.92 bits per heavy atom. The second-order valence-electron chi connectivity index (χ2n) is 10.1.